The molecule has 4 nitrogen and oxygen atoms in total. The number of carbonyl (C=O) groups is 1. The van der Waals surface area contributed by atoms with Gasteiger partial charge in [0.15, 0.2) is 0 Å². The first-order valence-corrected chi connectivity index (χ1v) is 8.35. The first-order valence-electron chi connectivity index (χ1n) is 8.35. The zero-order chi connectivity index (χ0) is 18.2. The van der Waals surface area contributed by atoms with Crippen molar-refractivity contribution in [2.24, 2.45) is 0 Å². The average molecular weight is 339 g/mol. The van der Waals surface area contributed by atoms with E-state index in [4.69, 9.17) is 9.47 Å². The van der Waals surface area contributed by atoms with Crippen molar-refractivity contribution in [3.05, 3.63) is 65.2 Å². The van der Waals surface area contributed by atoms with Gasteiger partial charge in [-0.2, -0.15) is 0 Å². The van der Waals surface area contributed by atoms with Crippen molar-refractivity contribution in [2.45, 2.75) is 26.3 Å². The smallest absolute Gasteiger partial charge is 0.244 e. The van der Waals surface area contributed by atoms with Crippen LogP contribution in [0, 0.1) is 6.92 Å². The second kappa shape index (κ2) is 8.92. The topological polar surface area (TPSA) is 47.6 Å². The van der Waals surface area contributed by atoms with Crippen LogP contribution in [0.3, 0.4) is 0 Å². The van der Waals surface area contributed by atoms with E-state index in [1.807, 2.05) is 43.3 Å². The molecule has 1 atom stereocenters. The third kappa shape index (κ3) is 4.86. The van der Waals surface area contributed by atoms with E-state index in [2.05, 4.69) is 18.3 Å². The molecule has 0 aromatic heterocycles. The third-order valence-electron chi connectivity index (χ3n) is 4.10. The van der Waals surface area contributed by atoms with Crippen molar-refractivity contribution >= 4 is 12.0 Å². The normalized spacial score (nSPS) is 12.0. The first-order chi connectivity index (χ1) is 12.1. The molecule has 0 fully saturated rings. The summed E-state index contributed by atoms with van der Waals surface area (Å²) in [4.78, 5) is 12.3. The molecule has 4 heteroatoms. The largest absolute Gasteiger partial charge is 0.496 e. The molecule has 0 aliphatic carbocycles. The summed E-state index contributed by atoms with van der Waals surface area (Å²) in [6.07, 6.45) is 4.11. The summed E-state index contributed by atoms with van der Waals surface area (Å²) in [6.45, 7) is 4.05. The van der Waals surface area contributed by atoms with Crippen molar-refractivity contribution in [1.82, 2.24) is 5.32 Å². The Bertz CT molecular complexity index is 753. The highest BCUT2D eigenvalue weighted by Gasteiger charge is 2.12. The fourth-order valence-electron chi connectivity index (χ4n) is 2.73. The average Bonchev–Trinajstić information content (AvgIpc) is 2.64. The summed E-state index contributed by atoms with van der Waals surface area (Å²) >= 11 is 0. The molecule has 2 aromatic carbocycles. The number of ether oxygens (including phenoxy) is 2. The zero-order valence-corrected chi connectivity index (χ0v) is 15.2. The number of methoxy groups -OCH3 is 2. The lowest BCUT2D eigenvalue weighted by Gasteiger charge is -2.18. The van der Waals surface area contributed by atoms with Gasteiger partial charge in [0, 0.05) is 11.6 Å². The molecule has 0 spiro atoms. The lowest BCUT2D eigenvalue weighted by atomic mass is 10.0. The molecular weight excluding hydrogens is 314 g/mol. The number of aryl methyl sites for hydroxylation is 1. The van der Waals surface area contributed by atoms with Gasteiger partial charge in [-0.25, -0.2) is 0 Å². The van der Waals surface area contributed by atoms with E-state index in [9.17, 15) is 4.79 Å². The van der Waals surface area contributed by atoms with Crippen molar-refractivity contribution in [2.75, 3.05) is 14.2 Å². The van der Waals surface area contributed by atoms with Crippen LogP contribution in [0.15, 0.2) is 48.5 Å². The van der Waals surface area contributed by atoms with Gasteiger partial charge in [0.1, 0.15) is 11.5 Å². The lowest BCUT2D eigenvalue weighted by molar-refractivity contribution is -0.117. The van der Waals surface area contributed by atoms with Crippen LogP contribution in [-0.2, 0) is 4.79 Å². The molecule has 0 aliphatic heterocycles. The van der Waals surface area contributed by atoms with Crippen LogP contribution in [-0.4, -0.2) is 20.1 Å². The SMILES string of the molecule is CCC(NC(=O)/C=C/c1ccccc1OC)c1ccc(OC)c(C)c1. The van der Waals surface area contributed by atoms with Crippen LogP contribution < -0.4 is 14.8 Å². The van der Waals surface area contributed by atoms with Crippen LogP contribution >= 0.6 is 0 Å². The highest BCUT2D eigenvalue weighted by molar-refractivity contribution is 5.92. The monoisotopic (exact) mass is 339 g/mol. The third-order valence-corrected chi connectivity index (χ3v) is 4.10. The molecule has 0 saturated carbocycles. The van der Waals surface area contributed by atoms with E-state index in [-0.39, 0.29) is 11.9 Å². The molecule has 0 aliphatic rings. The first kappa shape index (κ1) is 18.6. The highest BCUT2D eigenvalue weighted by Crippen LogP contribution is 2.24. The molecule has 0 saturated heterocycles. The maximum atomic E-state index is 12.3. The molecule has 1 amide bonds. The summed E-state index contributed by atoms with van der Waals surface area (Å²) < 4.78 is 10.6. The second-order valence-electron chi connectivity index (χ2n) is 5.77. The van der Waals surface area contributed by atoms with Crippen LogP contribution in [0.25, 0.3) is 6.08 Å². The van der Waals surface area contributed by atoms with E-state index in [1.54, 1.807) is 20.3 Å². The summed E-state index contributed by atoms with van der Waals surface area (Å²) in [5.41, 5.74) is 2.99. The second-order valence-corrected chi connectivity index (χ2v) is 5.77. The summed E-state index contributed by atoms with van der Waals surface area (Å²) in [6, 6.07) is 13.5. The number of rotatable bonds is 7. The van der Waals surface area contributed by atoms with Gasteiger partial charge < -0.3 is 14.8 Å². The Morgan fingerprint density at radius 2 is 1.84 bits per heavy atom. The van der Waals surface area contributed by atoms with Crippen LogP contribution in [0.4, 0.5) is 0 Å². The Balaban J connectivity index is 2.09. The van der Waals surface area contributed by atoms with Crippen molar-refractivity contribution in [3.63, 3.8) is 0 Å². The number of hydrogen-bond donors (Lipinski definition) is 1. The fraction of sp³-hybridized carbons (Fsp3) is 0.286. The van der Waals surface area contributed by atoms with Gasteiger partial charge in [-0.15, -0.1) is 0 Å². The van der Waals surface area contributed by atoms with E-state index >= 15 is 0 Å². The quantitative estimate of drug-likeness (QED) is 0.765. The van der Waals surface area contributed by atoms with Crippen LogP contribution in [0.1, 0.15) is 36.1 Å². The number of hydrogen-bond acceptors (Lipinski definition) is 3. The maximum absolute atomic E-state index is 12.3. The van der Waals surface area contributed by atoms with Gasteiger partial charge in [-0.05, 0) is 42.7 Å². The Kier molecular flexibility index (Phi) is 6.63. The van der Waals surface area contributed by atoms with Gasteiger partial charge in [0.05, 0.1) is 20.3 Å². The molecule has 0 radical (unpaired) electrons. The van der Waals surface area contributed by atoms with Crippen molar-refractivity contribution in [1.29, 1.82) is 0 Å². The molecule has 2 rings (SSSR count). The number of amides is 1. The number of nitrogens with one attached hydrogen (secondary N) is 1. The van der Waals surface area contributed by atoms with Crippen LogP contribution in [0.2, 0.25) is 0 Å². The van der Waals surface area contributed by atoms with Gasteiger partial charge in [-0.1, -0.05) is 37.3 Å². The minimum absolute atomic E-state index is 0.0422. The highest BCUT2D eigenvalue weighted by atomic mass is 16.5. The molecule has 0 heterocycles. The minimum Gasteiger partial charge on any atom is -0.496 e. The zero-order valence-electron chi connectivity index (χ0n) is 15.2. The number of benzene rings is 2. The van der Waals surface area contributed by atoms with Gasteiger partial charge in [0.2, 0.25) is 5.91 Å². The number of para-hydroxylation sites is 1. The predicted molar refractivity (Wildman–Crippen MR) is 101 cm³/mol. The molecule has 1 unspecified atom stereocenters. The van der Waals surface area contributed by atoms with Gasteiger partial charge >= 0.3 is 0 Å². The standard InChI is InChI=1S/C21H25NO3/c1-5-18(17-10-12-19(24-3)15(2)14-17)22-21(23)13-11-16-8-6-7-9-20(16)25-4/h6-14,18H,5H2,1-4H3,(H,22,23)/b13-11+. The molecule has 25 heavy (non-hydrogen) atoms. The molecule has 0 bridgehead atoms. The van der Waals surface area contributed by atoms with Gasteiger partial charge in [0.25, 0.3) is 0 Å². The Morgan fingerprint density at radius 3 is 2.48 bits per heavy atom. The molecule has 1 N–H and O–H groups in total. The van der Waals surface area contributed by atoms with E-state index < -0.39 is 0 Å². The molecule has 2 aromatic rings. The minimum atomic E-state index is -0.133. The van der Waals surface area contributed by atoms with Gasteiger partial charge in [-0.3, -0.25) is 4.79 Å². The maximum Gasteiger partial charge on any atom is 0.244 e. The summed E-state index contributed by atoms with van der Waals surface area (Å²) in [5.74, 6) is 1.46. The van der Waals surface area contributed by atoms with E-state index in [0.717, 1.165) is 34.6 Å². The number of carbonyl (C=O) groups excluding carboxylic acids is 1. The Hall–Kier alpha value is -2.75. The molecular formula is C21H25NO3. The fourth-order valence-corrected chi connectivity index (χ4v) is 2.73. The van der Waals surface area contributed by atoms with E-state index in [0.29, 0.717) is 0 Å². The Labute approximate surface area is 149 Å². The summed E-state index contributed by atoms with van der Waals surface area (Å²) in [5, 5.41) is 3.05. The predicted octanol–water partition coefficient (Wildman–Crippen LogP) is 4.29. The van der Waals surface area contributed by atoms with Crippen molar-refractivity contribution in [3.8, 4) is 11.5 Å². The Morgan fingerprint density at radius 1 is 1.12 bits per heavy atom. The van der Waals surface area contributed by atoms with E-state index in [1.165, 1.54) is 6.08 Å². The molecule has 132 valence electrons. The van der Waals surface area contributed by atoms with Crippen LogP contribution in [0.5, 0.6) is 11.5 Å². The lowest BCUT2D eigenvalue weighted by Crippen LogP contribution is -2.26. The van der Waals surface area contributed by atoms with Crippen molar-refractivity contribution < 1.29 is 14.3 Å². The summed E-state index contributed by atoms with van der Waals surface area (Å²) in [7, 11) is 3.27.